The topological polar surface area (TPSA) is 27.0 Å². The molecule has 0 radical (unpaired) electrons. The minimum absolute atomic E-state index is 0.0305. The van der Waals surface area contributed by atoms with Gasteiger partial charge in [0.25, 0.3) is 0 Å². The Hall–Kier alpha value is -0.990. The van der Waals surface area contributed by atoms with E-state index in [0.717, 1.165) is 19.4 Å². The van der Waals surface area contributed by atoms with Crippen LogP contribution in [-0.4, -0.2) is 18.0 Å². The molecule has 0 bridgehead atoms. The molecule has 1 unspecified atom stereocenters. The van der Waals surface area contributed by atoms with E-state index in [2.05, 4.69) is 22.0 Å². The van der Waals surface area contributed by atoms with Crippen LogP contribution < -0.4 is 0 Å². The molecule has 1 aromatic carbocycles. The number of hydrogen-bond donors (Lipinski definition) is 0. The lowest BCUT2D eigenvalue weighted by Crippen LogP contribution is -2.34. The van der Waals surface area contributed by atoms with E-state index in [0.29, 0.717) is 6.54 Å². The van der Waals surface area contributed by atoms with Crippen molar-refractivity contribution in [2.24, 2.45) is 5.92 Å². The molecule has 1 aliphatic rings. The van der Waals surface area contributed by atoms with Crippen LogP contribution in [0.25, 0.3) is 0 Å². The third-order valence-corrected chi connectivity index (χ3v) is 3.82. The number of hydrogen-bond acceptors (Lipinski definition) is 2. The summed E-state index contributed by atoms with van der Waals surface area (Å²) in [5, 5.41) is 8.90. The first-order valence-corrected chi connectivity index (χ1v) is 6.65. The summed E-state index contributed by atoms with van der Waals surface area (Å²) >= 11 is 3.06. The van der Waals surface area contributed by atoms with E-state index in [-0.39, 0.29) is 22.5 Å². The van der Waals surface area contributed by atoms with Crippen LogP contribution in [0.1, 0.15) is 18.4 Å². The zero-order valence-electron chi connectivity index (χ0n) is 9.80. The van der Waals surface area contributed by atoms with Crippen molar-refractivity contribution in [2.75, 3.05) is 13.1 Å². The van der Waals surface area contributed by atoms with Gasteiger partial charge in [-0.1, -0.05) is 0 Å². The van der Waals surface area contributed by atoms with Crippen LogP contribution >= 0.6 is 15.9 Å². The van der Waals surface area contributed by atoms with E-state index < -0.39 is 11.6 Å². The summed E-state index contributed by atoms with van der Waals surface area (Å²) in [5.74, 6) is -1.11. The molecule has 0 saturated carbocycles. The van der Waals surface area contributed by atoms with Gasteiger partial charge in [0.1, 0.15) is 11.6 Å². The first kappa shape index (κ1) is 13.4. The molecule has 1 aliphatic heterocycles. The van der Waals surface area contributed by atoms with Crippen molar-refractivity contribution in [3.05, 3.63) is 33.8 Å². The maximum Gasteiger partial charge on any atom is 0.144 e. The maximum atomic E-state index is 13.8. The molecule has 1 heterocycles. The van der Waals surface area contributed by atoms with Crippen molar-refractivity contribution in [3.8, 4) is 6.07 Å². The molecule has 0 aromatic heterocycles. The second-order valence-corrected chi connectivity index (χ2v) is 5.38. The van der Waals surface area contributed by atoms with Gasteiger partial charge in [-0.3, -0.25) is 4.90 Å². The lowest BCUT2D eigenvalue weighted by molar-refractivity contribution is 0.187. The molecular formula is C13H13BrF2N2. The Morgan fingerprint density at radius 1 is 1.44 bits per heavy atom. The smallest absolute Gasteiger partial charge is 0.144 e. The quantitative estimate of drug-likeness (QED) is 0.782. The van der Waals surface area contributed by atoms with Gasteiger partial charge in [-0.2, -0.15) is 5.26 Å². The molecule has 1 atom stereocenters. The standard InChI is InChI=1S/C13H13BrF2N2/c14-11-3-4-12(15)10(13(11)16)8-18-5-1-2-9(6-17)7-18/h3-4,9H,1-2,5,7-8H2. The first-order chi connectivity index (χ1) is 8.61. The summed E-state index contributed by atoms with van der Waals surface area (Å²) in [6.07, 6.45) is 1.77. The number of nitriles is 1. The molecule has 0 aliphatic carbocycles. The number of piperidine rings is 1. The van der Waals surface area contributed by atoms with Crippen LogP contribution in [0.5, 0.6) is 0 Å². The molecule has 0 N–H and O–H groups in total. The highest BCUT2D eigenvalue weighted by Gasteiger charge is 2.22. The Labute approximate surface area is 113 Å². The Bertz CT molecular complexity index is 485. The van der Waals surface area contributed by atoms with Crippen LogP contribution in [0.3, 0.4) is 0 Å². The van der Waals surface area contributed by atoms with Crippen molar-refractivity contribution >= 4 is 15.9 Å². The molecule has 2 nitrogen and oxygen atoms in total. The van der Waals surface area contributed by atoms with E-state index in [4.69, 9.17) is 5.26 Å². The molecule has 1 aromatic rings. The predicted octanol–water partition coefficient (Wildman–Crippen LogP) is 3.46. The van der Waals surface area contributed by atoms with Crippen molar-refractivity contribution < 1.29 is 8.78 Å². The van der Waals surface area contributed by atoms with E-state index >= 15 is 0 Å². The van der Waals surface area contributed by atoms with Gasteiger partial charge in [0.05, 0.1) is 16.5 Å². The highest BCUT2D eigenvalue weighted by atomic mass is 79.9. The Morgan fingerprint density at radius 2 is 2.22 bits per heavy atom. The monoisotopic (exact) mass is 314 g/mol. The third-order valence-electron chi connectivity index (χ3n) is 3.21. The minimum atomic E-state index is -0.547. The third kappa shape index (κ3) is 2.88. The van der Waals surface area contributed by atoms with Crippen molar-refractivity contribution in [1.29, 1.82) is 5.26 Å². The molecule has 96 valence electrons. The second kappa shape index (κ2) is 5.77. The maximum absolute atomic E-state index is 13.8. The zero-order chi connectivity index (χ0) is 13.1. The predicted molar refractivity (Wildman–Crippen MR) is 67.7 cm³/mol. The van der Waals surface area contributed by atoms with E-state index in [1.54, 1.807) is 0 Å². The van der Waals surface area contributed by atoms with Crippen LogP contribution in [0.15, 0.2) is 16.6 Å². The van der Waals surface area contributed by atoms with Gasteiger partial charge < -0.3 is 0 Å². The van der Waals surface area contributed by atoms with Gasteiger partial charge in [-0.05, 0) is 47.4 Å². The molecule has 2 rings (SSSR count). The number of likely N-dealkylation sites (tertiary alicyclic amines) is 1. The fourth-order valence-corrected chi connectivity index (χ4v) is 2.61. The van der Waals surface area contributed by atoms with Crippen molar-refractivity contribution in [3.63, 3.8) is 0 Å². The summed E-state index contributed by atoms with van der Waals surface area (Å²) < 4.78 is 27.7. The van der Waals surface area contributed by atoms with E-state index in [1.165, 1.54) is 12.1 Å². The van der Waals surface area contributed by atoms with Gasteiger partial charge in [0.15, 0.2) is 0 Å². The highest BCUT2D eigenvalue weighted by Crippen LogP contribution is 2.25. The first-order valence-electron chi connectivity index (χ1n) is 5.86. The lowest BCUT2D eigenvalue weighted by Gasteiger charge is -2.29. The average Bonchev–Trinajstić information content (AvgIpc) is 2.39. The van der Waals surface area contributed by atoms with Crippen LogP contribution in [-0.2, 0) is 6.54 Å². The Morgan fingerprint density at radius 3 is 2.94 bits per heavy atom. The van der Waals surface area contributed by atoms with Crippen LogP contribution in [0.4, 0.5) is 8.78 Å². The summed E-state index contributed by atoms with van der Waals surface area (Å²) in [6, 6.07) is 4.84. The zero-order valence-corrected chi connectivity index (χ0v) is 11.4. The van der Waals surface area contributed by atoms with Crippen molar-refractivity contribution in [2.45, 2.75) is 19.4 Å². The Balaban J connectivity index is 2.14. The largest absolute Gasteiger partial charge is 0.298 e. The van der Waals surface area contributed by atoms with Gasteiger partial charge in [0, 0.05) is 18.7 Å². The molecule has 18 heavy (non-hydrogen) atoms. The fourth-order valence-electron chi connectivity index (χ4n) is 2.24. The van der Waals surface area contributed by atoms with Gasteiger partial charge >= 0.3 is 0 Å². The molecule has 0 spiro atoms. The van der Waals surface area contributed by atoms with E-state index in [9.17, 15) is 8.78 Å². The summed E-state index contributed by atoms with van der Waals surface area (Å²) in [5.41, 5.74) is 0.0722. The molecule has 5 heteroatoms. The molecule has 1 saturated heterocycles. The number of rotatable bonds is 2. The average molecular weight is 315 g/mol. The minimum Gasteiger partial charge on any atom is -0.298 e. The summed E-state index contributed by atoms with van der Waals surface area (Å²) in [6.45, 7) is 1.58. The SMILES string of the molecule is N#CC1CCCN(Cc2c(F)ccc(Br)c2F)C1. The normalized spacial score (nSPS) is 20.7. The molecule has 1 fully saturated rings. The van der Waals surface area contributed by atoms with Crippen LogP contribution in [0.2, 0.25) is 0 Å². The van der Waals surface area contributed by atoms with Gasteiger partial charge in [-0.25, -0.2) is 8.78 Å². The van der Waals surface area contributed by atoms with E-state index in [1.807, 2.05) is 4.90 Å². The van der Waals surface area contributed by atoms with Gasteiger partial charge in [-0.15, -0.1) is 0 Å². The Kier molecular flexibility index (Phi) is 4.31. The molecule has 0 amide bonds. The van der Waals surface area contributed by atoms with Crippen molar-refractivity contribution in [1.82, 2.24) is 4.90 Å². The number of benzene rings is 1. The fraction of sp³-hybridized carbons (Fsp3) is 0.462. The van der Waals surface area contributed by atoms with Gasteiger partial charge in [0.2, 0.25) is 0 Å². The second-order valence-electron chi connectivity index (χ2n) is 4.53. The summed E-state index contributed by atoms with van der Waals surface area (Å²) in [7, 11) is 0. The lowest BCUT2D eigenvalue weighted by atomic mass is 9.99. The van der Waals surface area contributed by atoms with Crippen LogP contribution in [0, 0.1) is 28.9 Å². The number of halogens is 3. The highest BCUT2D eigenvalue weighted by molar-refractivity contribution is 9.10. The molecular weight excluding hydrogens is 302 g/mol. The summed E-state index contributed by atoms with van der Waals surface area (Å²) in [4.78, 5) is 1.94. The number of nitrogens with zero attached hydrogens (tertiary/aromatic N) is 2.